The Bertz CT molecular complexity index is 1490. The smallest absolute Gasteiger partial charge is 0.226 e. The Balaban J connectivity index is 1.50. The van der Waals surface area contributed by atoms with Gasteiger partial charge in [0.15, 0.2) is 17.1 Å². The van der Waals surface area contributed by atoms with Gasteiger partial charge in [0.1, 0.15) is 23.8 Å². The number of benzene rings is 2. The number of imidazole rings is 1. The molecular formula is C23H19ClFN7O3. The van der Waals surface area contributed by atoms with Gasteiger partial charge in [-0.05, 0) is 35.9 Å². The molecule has 10 nitrogen and oxygen atoms in total. The quantitative estimate of drug-likeness (QED) is 0.328. The Morgan fingerprint density at radius 1 is 0.943 bits per heavy atom. The second kappa shape index (κ2) is 9.11. The van der Waals surface area contributed by atoms with Crippen molar-refractivity contribution in [3.63, 3.8) is 0 Å². The standard InChI is InChI=1S/C23H19ClFN7O3/c1-33-17-8-15(9-18(34-2)20(17)35-3)31-11-19(26-12-31)28-21-16-10-27-32(22(16)30-23(24)29-21)14-6-4-13(25)5-7-14/h4-12H,1-3H3,(H,28,29,30). The van der Waals surface area contributed by atoms with Crippen LogP contribution in [0.4, 0.5) is 16.0 Å². The van der Waals surface area contributed by atoms with E-state index in [1.54, 1.807) is 73.6 Å². The highest BCUT2D eigenvalue weighted by atomic mass is 35.5. The summed E-state index contributed by atoms with van der Waals surface area (Å²) in [5, 5.41) is 8.17. The van der Waals surface area contributed by atoms with Gasteiger partial charge in [-0.2, -0.15) is 15.1 Å². The highest BCUT2D eigenvalue weighted by Gasteiger charge is 2.17. The highest BCUT2D eigenvalue weighted by molar-refractivity contribution is 6.28. The van der Waals surface area contributed by atoms with E-state index in [4.69, 9.17) is 25.8 Å². The third kappa shape index (κ3) is 4.17. The maximum absolute atomic E-state index is 13.3. The number of hydrogen-bond acceptors (Lipinski definition) is 8. The summed E-state index contributed by atoms with van der Waals surface area (Å²) in [7, 11) is 4.65. The molecule has 0 saturated heterocycles. The number of aromatic nitrogens is 6. The Hall–Kier alpha value is -4.38. The van der Waals surface area contributed by atoms with E-state index in [-0.39, 0.29) is 11.1 Å². The van der Waals surface area contributed by atoms with Crippen LogP contribution in [0.25, 0.3) is 22.4 Å². The monoisotopic (exact) mass is 495 g/mol. The molecule has 0 aliphatic heterocycles. The lowest BCUT2D eigenvalue weighted by molar-refractivity contribution is 0.324. The molecule has 0 bridgehead atoms. The molecule has 0 radical (unpaired) electrons. The number of nitrogens with one attached hydrogen (secondary N) is 1. The van der Waals surface area contributed by atoms with E-state index >= 15 is 0 Å². The van der Waals surface area contributed by atoms with Crippen LogP contribution < -0.4 is 19.5 Å². The summed E-state index contributed by atoms with van der Waals surface area (Å²) in [5.41, 5.74) is 1.84. The van der Waals surface area contributed by atoms with Crippen LogP contribution in [0.2, 0.25) is 5.28 Å². The Labute approximate surface area is 203 Å². The summed E-state index contributed by atoms with van der Waals surface area (Å²) in [4.78, 5) is 13.0. The van der Waals surface area contributed by atoms with Crippen LogP contribution in [-0.2, 0) is 0 Å². The molecule has 0 unspecified atom stereocenters. The first-order valence-corrected chi connectivity index (χ1v) is 10.7. The third-order valence-electron chi connectivity index (χ3n) is 5.25. The summed E-state index contributed by atoms with van der Waals surface area (Å²) >= 11 is 6.20. The molecule has 5 aromatic rings. The Kier molecular flexibility index (Phi) is 5.83. The van der Waals surface area contributed by atoms with Crippen molar-refractivity contribution >= 4 is 34.3 Å². The molecule has 0 aliphatic carbocycles. The zero-order valence-corrected chi connectivity index (χ0v) is 19.6. The van der Waals surface area contributed by atoms with Crippen molar-refractivity contribution in [2.75, 3.05) is 26.6 Å². The van der Waals surface area contributed by atoms with Crippen molar-refractivity contribution in [1.82, 2.24) is 29.3 Å². The summed E-state index contributed by atoms with van der Waals surface area (Å²) < 4.78 is 32.9. The Morgan fingerprint density at radius 3 is 2.31 bits per heavy atom. The van der Waals surface area contributed by atoms with Crippen LogP contribution in [0.3, 0.4) is 0 Å². The predicted molar refractivity (Wildman–Crippen MR) is 128 cm³/mol. The number of anilines is 2. The minimum Gasteiger partial charge on any atom is -0.493 e. The molecule has 3 aromatic heterocycles. The SMILES string of the molecule is COc1cc(-n2cnc(Nc3nc(Cl)nc4c3cnn4-c3ccc(F)cc3)c2)cc(OC)c1OC. The summed E-state index contributed by atoms with van der Waals surface area (Å²) in [6.07, 6.45) is 5.01. The van der Waals surface area contributed by atoms with E-state index in [1.807, 2.05) is 0 Å². The number of fused-ring (bicyclic) bond motifs is 1. The molecule has 0 saturated carbocycles. The number of nitrogens with zero attached hydrogens (tertiary/aromatic N) is 6. The molecule has 3 heterocycles. The third-order valence-corrected chi connectivity index (χ3v) is 5.42. The first-order chi connectivity index (χ1) is 17.0. The van der Waals surface area contributed by atoms with Crippen molar-refractivity contribution in [3.05, 3.63) is 66.2 Å². The average molecular weight is 496 g/mol. The van der Waals surface area contributed by atoms with E-state index < -0.39 is 0 Å². The summed E-state index contributed by atoms with van der Waals surface area (Å²) in [6, 6.07) is 9.51. The van der Waals surface area contributed by atoms with Gasteiger partial charge >= 0.3 is 0 Å². The van der Waals surface area contributed by atoms with Crippen molar-refractivity contribution in [3.8, 4) is 28.6 Å². The number of hydrogen-bond donors (Lipinski definition) is 1. The van der Waals surface area contributed by atoms with Crippen molar-refractivity contribution < 1.29 is 18.6 Å². The fourth-order valence-corrected chi connectivity index (χ4v) is 3.78. The predicted octanol–water partition coefficient (Wildman–Crippen LogP) is 4.56. The largest absolute Gasteiger partial charge is 0.493 e. The van der Waals surface area contributed by atoms with Crippen LogP contribution in [-0.4, -0.2) is 50.6 Å². The first-order valence-electron chi connectivity index (χ1n) is 10.3. The molecule has 0 aliphatic rings. The first kappa shape index (κ1) is 22.4. The van der Waals surface area contributed by atoms with Gasteiger partial charge in [0, 0.05) is 12.1 Å². The van der Waals surface area contributed by atoms with Gasteiger partial charge in [-0.15, -0.1) is 0 Å². The molecule has 5 rings (SSSR count). The zero-order chi connectivity index (χ0) is 24.5. The second-order valence-electron chi connectivity index (χ2n) is 7.29. The van der Waals surface area contributed by atoms with Crippen molar-refractivity contribution in [2.45, 2.75) is 0 Å². The average Bonchev–Trinajstić information content (AvgIpc) is 3.51. The van der Waals surface area contributed by atoms with Crippen LogP contribution >= 0.6 is 11.6 Å². The molecule has 0 spiro atoms. The number of rotatable bonds is 7. The number of halogens is 2. The molecule has 178 valence electrons. The molecule has 1 N–H and O–H groups in total. The molecule has 12 heteroatoms. The highest BCUT2D eigenvalue weighted by Crippen LogP contribution is 2.39. The lowest BCUT2D eigenvalue weighted by Crippen LogP contribution is -2.01. The van der Waals surface area contributed by atoms with Crippen LogP contribution in [0.5, 0.6) is 17.2 Å². The Morgan fingerprint density at radius 2 is 1.66 bits per heavy atom. The van der Waals surface area contributed by atoms with Gasteiger partial charge in [-0.25, -0.2) is 14.1 Å². The number of methoxy groups -OCH3 is 3. The lowest BCUT2D eigenvalue weighted by Gasteiger charge is -2.14. The van der Waals surface area contributed by atoms with Gasteiger partial charge in [-0.3, -0.25) is 0 Å². The van der Waals surface area contributed by atoms with Gasteiger partial charge in [0.2, 0.25) is 11.0 Å². The van der Waals surface area contributed by atoms with Crippen molar-refractivity contribution in [1.29, 1.82) is 0 Å². The van der Waals surface area contributed by atoms with E-state index in [9.17, 15) is 4.39 Å². The van der Waals surface area contributed by atoms with Crippen molar-refractivity contribution in [2.24, 2.45) is 0 Å². The minimum absolute atomic E-state index is 0.0212. The second-order valence-corrected chi connectivity index (χ2v) is 7.62. The minimum atomic E-state index is -0.345. The van der Waals surface area contributed by atoms with E-state index in [0.29, 0.717) is 45.6 Å². The molecule has 0 amide bonds. The van der Waals surface area contributed by atoms with Gasteiger partial charge in [-0.1, -0.05) is 0 Å². The van der Waals surface area contributed by atoms with Gasteiger partial charge in [0.25, 0.3) is 0 Å². The molecule has 0 fully saturated rings. The zero-order valence-electron chi connectivity index (χ0n) is 18.9. The lowest BCUT2D eigenvalue weighted by atomic mass is 10.2. The molecule has 2 aromatic carbocycles. The van der Waals surface area contributed by atoms with Gasteiger partial charge in [0.05, 0.1) is 50.5 Å². The molecule has 35 heavy (non-hydrogen) atoms. The topological polar surface area (TPSA) is 101 Å². The van der Waals surface area contributed by atoms with Crippen LogP contribution in [0.1, 0.15) is 0 Å². The van der Waals surface area contributed by atoms with Crippen LogP contribution in [0.15, 0.2) is 55.1 Å². The van der Waals surface area contributed by atoms with E-state index in [1.165, 1.54) is 12.1 Å². The fraction of sp³-hybridized carbons (Fsp3) is 0.130. The molecule has 0 atom stereocenters. The number of ether oxygens (including phenoxy) is 3. The normalized spacial score (nSPS) is 11.0. The van der Waals surface area contributed by atoms with Crippen LogP contribution in [0, 0.1) is 5.82 Å². The maximum Gasteiger partial charge on any atom is 0.226 e. The van der Waals surface area contributed by atoms with E-state index in [0.717, 1.165) is 5.69 Å². The summed E-state index contributed by atoms with van der Waals surface area (Å²) in [6.45, 7) is 0. The summed E-state index contributed by atoms with van der Waals surface area (Å²) in [5.74, 6) is 2.11. The van der Waals surface area contributed by atoms with E-state index in [2.05, 4.69) is 25.4 Å². The van der Waals surface area contributed by atoms with Gasteiger partial charge < -0.3 is 24.1 Å². The maximum atomic E-state index is 13.3. The molecular weight excluding hydrogens is 477 g/mol. The fourth-order valence-electron chi connectivity index (χ4n) is 3.61.